The standard InChI is InChI=1S/C18H28N2O.C13H8F2O3.ClH.H2O/c1-4-5-12-20-13-7-6-11-16(20)18(21)19-17-14(2)9-8-10-15(17)3;14-8-2-3-9(11(15)6-8)7-1-4-12(16)10(5-7)13(17)18;;/h8-10,16H,4-7,11-13H2,1-3H3,(H,19,21);1-6,16H,(H,17,18);1H;1H2. The van der Waals surface area contributed by atoms with Crippen molar-refractivity contribution in [3.05, 3.63) is 82.9 Å². The molecule has 5 N–H and O–H groups in total. The SMILES string of the molecule is CCCCN1CCCCC1C(=O)Nc1c(C)cccc1C.Cl.O.O=C(O)c1cc(-c2ccc(F)cc2F)ccc1O. The van der Waals surface area contributed by atoms with Crippen molar-refractivity contribution in [2.45, 2.75) is 58.9 Å². The number of piperidine rings is 1. The van der Waals surface area contributed by atoms with E-state index in [2.05, 4.69) is 43.1 Å². The van der Waals surface area contributed by atoms with Gasteiger partial charge in [0.1, 0.15) is 22.9 Å². The van der Waals surface area contributed by atoms with E-state index in [1.165, 1.54) is 31.4 Å². The lowest BCUT2D eigenvalue weighted by atomic mass is 10.00. The molecule has 3 aromatic carbocycles. The number of carboxylic acids is 1. The van der Waals surface area contributed by atoms with Gasteiger partial charge in [0.15, 0.2) is 0 Å². The Morgan fingerprint density at radius 2 is 1.71 bits per heavy atom. The van der Waals surface area contributed by atoms with Crippen molar-refractivity contribution in [3.8, 4) is 16.9 Å². The van der Waals surface area contributed by atoms with Gasteiger partial charge >= 0.3 is 5.97 Å². The number of carbonyl (C=O) groups is 2. The number of hydrogen-bond acceptors (Lipinski definition) is 4. The number of carboxylic acid groups (broad SMARTS) is 1. The van der Waals surface area contributed by atoms with Crippen LogP contribution in [0.1, 0.15) is 60.5 Å². The van der Waals surface area contributed by atoms with Crippen molar-refractivity contribution in [1.82, 2.24) is 4.90 Å². The summed E-state index contributed by atoms with van der Waals surface area (Å²) in [4.78, 5) is 25.9. The van der Waals surface area contributed by atoms with Gasteiger partial charge in [0.2, 0.25) is 5.91 Å². The minimum Gasteiger partial charge on any atom is -0.507 e. The lowest BCUT2D eigenvalue weighted by molar-refractivity contribution is -0.122. The topological polar surface area (TPSA) is 121 Å². The highest BCUT2D eigenvalue weighted by molar-refractivity contribution is 5.96. The molecule has 4 rings (SSSR count). The molecule has 41 heavy (non-hydrogen) atoms. The van der Waals surface area contributed by atoms with Crippen LogP contribution in [0.2, 0.25) is 0 Å². The number of halogens is 3. The summed E-state index contributed by atoms with van der Waals surface area (Å²) in [6.45, 7) is 8.42. The highest BCUT2D eigenvalue weighted by atomic mass is 35.5. The fourth-order valence-corrected chi connectivity index (χ4v) is 4.73. The summed E-state index contributed by atoms with van der Waals surface area (Å²) in [5.41, 5.74) is 3.25. The van der Waals surface area contributed by atoms with E-state index in [0.717, 1.165) is 60.9 Å². The second-order valence-electron chi connectivity index (χ2n) is 9.82. The zero-order valence-electron chi connectivity index (χ0n) is 23.5. The number of amides is 1. The normalized spacial score (nSPS) is 14.5. The van der Waals surface area contributed by atoms with Gasteiger partial charge < -0.3 is 21.0 Å². The van der Waals surface area contributed by atoms with Gasteiger partial charge in [-0.1, -0.05) is 44.0 Å². The molecule has 0 aromatic heterocycles. The predicted molar refractivity (Wildman–Crippen MR) is 160 cm³/mol. The van der Waals surface area contributed by atoms with Crippen LogP contribution in [0, 0.1) is 25.5 Å². The molecule has 1 saturated heterocycles. The molecule has 1 aliphatic rings. The first-order chi connectivity index (χ1) is 18.6. The zero-order valence-corrected chi connectivity index (χ0v) is 24.4. The maximum Gasteiger partial charge on any atom is 0.339 e. The van der Waals surface area contributed by atoms with Crippen LogP contribution in [0.4, 0.5) is 14.5 Å². The smallest absolute Gasteiger partial charge is 0.339 e. The Balaban J connectivity index is 0.000000395. The lowest BCUT2D eigenvalue weighted by Crippen LogP contribution is -2.47. The third-order valence-corrected chi connectivity index (χ3v) is 6.91. The van der Waals surface area contributed by atoms with Crippen LogP contribution < -0.4 is 5.32 Å². The Kier molecular flexibility index (Phi) is 14.4. The molecular formula is C31H39ClF2N2O5. The van der Waals surface area contributed by atoms with Gasteiger partial charge in [0, 0.05) is 17.3 Å². The maximum absolute atomic E-state index is 13.5. The van der Waals surface area contributed by atoms with Gasteiger partial charge in [0.25, 0.3) is 0 Å². The molecule has 0 radical (unpaired) electrons. The minimum absolute atomic E-state index is 0. The average Bonchev–Trinajstić information content (AvgIpc) is 2.90. The highest BCUT2D eigenvalue weighted by Crippen LogP contribution is 2.28. The number of benzene rings is 3. The van der Waals surface area contributed by atoms with Crippen molar-refractivity contribution in [2.75, 3.05) is 18.4 Å². The number of likely N-dealkylation sites (tertiary alicyclic amines) is 1. The molecule has 0 aliphatic carbocycles. The number of phenols is 1. The quantitative estimate of drug-likeness (QED) is 0.288. The van der Waals surface area contributed by atoms with Crippen molar-refractivity contribution in [3.63, 3.8) is 0 Å². The summed E-state index contributed by atoms with van der Waals surface area (Å²) in [6.07, 6.45) is 5.72. The summed E-state index contributed by atoms with van der Waals surface area (Å²) < 4.78 is 26.3. The number of nitrogens with zero attached hydrogens (tertiary/aromatic N) is 1. The van der Waals surface area contributed by atoms with Crippen LogP contribution >= 0.6 is 12.4 Å². The summed E-state index contributed by atoms with van der Waals surface area (Å²) in [6, 6.07) is 12.8. The molecule has 10 heteroatoms. The summed E-state index contributed by atoms with van der Waals surface area (Å²) >= 11 is 0. The molecule has 7 nitrogen and oxygen atoms in total. The number of aromatic carboxylic acids is 1. The maximum atomic E-state index is 13.5. The first-order valence-electron chi connectivity index (χ1n) is 13.2. The van der Waals surface area contributed by atoms with Crippen molar-refractivity contribution in [1.29, 1.82) is 0 Å². The zero-order chi connectivity index (χ0) is 28.5. The van der Waals surface area contributed by atoms with Gasteiger partial charge in [-0.25, -0.2) is 13.6 Å². The number of hydrogen-bond donors (Lipinski definition) is 3. The van der Waals surface area contributed by atoms with Crippen LogP contribution in [-0.4, -0.2) is 51.6 Å². The molecule has 1 unspecified atom stereocenters. The lowest BCUT2D eigenvalue weighted by Gasteiger charge is -2.34. The molecular weight excluding hydrogens is 554 g/mol. The number of anilines is 1. The number of rotatable bonds is 7. The van der Waals surface area contributed by atoms with Crippen LogP contribution in [0.25, 0.3) is 11.1 Å². The number of unbranched alkanes of at least 4 members (excludes halogenated alkanes) is 1. The monoisotopic (exact) mass is 592 g/mol. The van der Waals surface area contributed by atoms with Crippen LogP contribution in [0.5, 0.6) is 5.75 Å². The summed E-state index contributed by atoms with van der Waals surface area (Å²) in [7, 11) is 0. The Morgan fingerprint density at radius 3 is 2.32 bits per heavy atom. The number of aromatic hydroxyl groups is 1. The number of carbonyl (C=O) groups excluding carboxylic acids is 1. The molecule has 1 fully saturated rings. The molecule has 1 atom stereocenters. The Labute approximate surface area is 245 Å². The van der Waals surface area contributed by atoms with Gasteiger partial charge in [-0.2, -0.15) is 0 Å². The second-order valence-corrected chi connectivity index (χ2v) is 9.82. The second kappa shape index (κ2) is 16.7. The molecule has 0 spiro atoms. The van der Waals surface area contributed by atoms with Gasteiger partial charge in [-0.15, -0.1) is 12.4 Å². The van der Waals surface area contributed by atoms with Gasteiger partial charge in [-0.3, -0.25) is 9.69 Å². The number of aryl methyl sites for hydroxylation is 2. The molecule has 1 heterocycles. The summed E-state index contributed by atoms with van der Waals surface area (Å²) in [5.74, 6) is -3.07. The van der Waals surface area contributed by atoms with E-state index in [1.54, 1.807) is 0 Å². The number of para-hydroxylation sites is 1. The van der Waals surface area contributed by atoms with E-state index in [-0.39, 0.29) is 46.5 Å². The molecule has 224 valence electrons. The Morgan fingerprint density at radius 1 is 1.02 bits per heavy atom. The third-order valence-electron chi connectivity index (χ3n) is 6.91. The van der Waals surface area contributed by atoms with E-state index in [4.69, 9.17) is 5.11 Å². The van der Waals surface area contributed by atoms with Gasteiger partial charge in [0.05, 0.1) is 6.04 Å². The van der Waals surface area contributed by atoms with Crippen LogP contribution in [0.15, 0.2) is 54.6 Å². The molecule has 3 aromatic rings. The Bertz CT molecular complexity index is 1300. The van der Waals surface area contributed by atoms with E-state index in [9.17, 15) is 23.5 Å². The Hall–Kier alpha value is -3.53. The van der Waals surface area contributed by atoms with E-state index in [0.29, 0.717) is 6.07 Å². The first kappa shape index (κ1) is 35.5. The first-order valence-corrected chi connectivity index (χ1v) is 13.2. The fourth-order valence-electron chi connectivity index (χ4n) is 4.73. The minimum atomic E-state index is -1.32. The van der Waals surface area contributed by atoms with E-state index < -0.39 is 23.4 Å². The fraction of sp³-hybridized carbons (Fsp3) is 0.355. The van der Waals surface area contributed by atoms with Crippen molar-refractivity contribution in [2.24, 2.45) is 0 Å². The van der Waals surface area contributed by atoms with Crippen LogP contribution in [0.3, 0.4) is 0 Å². The highest BCUT2D eigenvalue weighted by Gasteiger charge is 2.28. The molecule has 0 saturated carbocycles. The molecule has 1 amide bonds. The van der Waals surface area contributed by atoms with Crippen molar-refractivity contribution >= 4 is 30.0 Å². The molecule has 1 aliphatic heterocycles. The summed E-state index contributed by atoms with van der Waals surface area (Å²) in [5, 5.41) is 21.3. The van der Waals surface area contributed by atoms with Crippen molar-refractivity contribution < 1.29 is 34.1 Å². The largest absolute Gasteiger partial charge is 0.507 e. The predicted octanol–water partition coefficient (Wildman–Crippen LogP) is 6.53. The van der Waals surface area contributed by atoms with Crippen LogP contribution in [-0.2, 0) is 4.79 Å². The average molecular weight is 593 g/mol. The molecule has 0 bridgehead atoms. The number of nitrogens with one attached hydrogen (secondary N) is 1. The third kappa shape index (κ3) is 9.52. The van der Waals surface area contributed by atoms with E-state index in [1.807, 2.05) is 6.07 Å². The van der Waals surface area contributed by atoms with Gasteiger partial charge in [-0.05, 0) is 87.2 Å². The van der Waals surface area contributed by atoms with E-state index >= 15 is 0 Å².